The number of rotatable bonds is 6. The highest BCUT2D eigenvalue weighted by atomic mass is 16.5. The monoisotopic (exact) mass is 420 g/mol. The Balaban J connectivity index is 1.70. The van der Waals surface area contributed by atoms with E-state index in [1.165, 1.54) is 17.9 Å². The number of fused-ring (bicyclic) bond motifs is 2. The van der Waals surface area contributed by atoms with Crippen molar-refractivity contribution >= 4 is 27.7 Å². The predicted molar refractivity (Wildman–Crippen MR) is 114 cm³/mol. The number of nitrogens with zero attached hydrogens (tertiary/aromatic N) is 2. The van der Waals surface area contributed by atoms with Crippen molar-refractivity contribution in [1.82, 2.24) is 9.78 Å². The third kappa shape index (κ3) is 3.92. The van der Waals surface area contributed by atoms with E-state index in [0.717, 1.165) is 0 Å². The summed E-state index contributed by atoms with van der Waals surface area (Å²) in [6.45, 7) is 2.15. The molecule has 0 spiro atoms. The van der Waals surface area contributed by atoms with Gasteiger partial charge in [0.1, 0.15) is 17.9 Å². The van der Waals surface area contributed by atoms with Crippen LogP contribution < -0.4 is 15.9 Å². The van der Waals surface area contributed by atoms with Gasteiger partial charge in [-0.25, -0.2) is 14.3 Å². The summed E-state index contributed by atoms with van der Waals surface area (Å²) in [4.78, 5) is 37.5. The highest BCUT2D eigenvalue weighted by Crippen LogP contribution is 2.23. The standard InChI is InChI=1S/C23H20N2O6/c1-3-10-25-22(27)18-7-5-4-6-17(18)21(24-25)23(28)30-13-14-11-20(26)31-19-12-15(29-2)8-9-16(14)19/h4-9,11-12H,3,10,13H2,1-2H3. The zero-order valence-corrected chi connectivity index (χ0v) is 17.1. The third-order valence-corrected chi connectivity index (χ3v) is 4.89. The van der Waals surface area contributed by atoms with Crippen LogP contribution >= 0.6 is 0 Å². The molecular weight excluding hydrogens is 400 g/mol. The molecule has 0 aliphatic rings. The van der Waals surface area contributed by atoms with Crippen LogP contribution in [0.3, 0.4) is 0 Å². The topological polar surface area (TPSA) is 101 Å². The van der Waals surface area contributed by atoms with Gasteiger partial charge in [-0.3, -0.25) is 4.79 Å². The minimum atomic E-state index is -0.684. The smallest absolute Gasteiger partial charge is 0.359 e. The van der Waals surface area contributed by atoms with Crippen LogP contribution in [-0.4, -0.2) is 22.9 Å². The first-order valence-corrected chi connectivity index (χ1v) is 9.79. The van der Waals surface area contributed by atoms with Gasteiger partial charge in [-0.15, -0.1) is 0 Å². The van der Waals surface area contributed by atoms with E-state index in [4.69, 9.17) is 13.9 Å². The number of benzene rings is 2. The van der Waals surface area contributed by atoms with Crippen LogP contribution in [-0.2, 0) is 17.9 Å². The summed E-state index contributed by atoms with van der Waals surface area (Å²) in [5.41, 5.74) is 0.0606. The Hall–Kier alpha value is -3.94. The molecule has 0 bridgehead atoms. The Morgan fingerprint density at radius 3 is 2.58 bits per heavy atom. The molecule has 31 heavy (non-hydrogen) atoms. The molecule has 0 saturated carbocycles. The largest absolute Gasteiger partial charge is 0.497 e. The number of aryl methyl sites for hydroxylation is 1. The summed E-state index contributed by atoms with van der Waals surface area (Å²) >= 11 is 0. The van der Waals surface area contributed by atoms with Crippen molar-refractivity contribution in [1.29, 1.82) is 0 Å². The number of esters is 1. The first-order chi connectivity index (χ1) is 15.0. The van der Waals surface area contributed by atoms with Crippen LogP contribution in [0.4, 0.5) is 0 Å². The maximum Gasteiger partial charge on any atom is 0.359 e. The van der Waals surface area contributed by atoms with E-state index in [1.807, 2.05) is 6.92 Å². The number of carbonyl (C=O) groups excluding carboxylic acids is 1. The Morgan fingerprint density at radius 2 is 1.84 bits per heavy atom. The lowest BCUT2D eigenvalue weighted by Gasteiger charge is -2.11. The van der Waals surface area contributed by atoms with Gasteiger partial charge in [0.25, 0.3) is 5.56 Å². The lowest BCUT2D eigenvalue weighted by molar-refractivity contribution is 0.0466. The van der Waals surface area contributed by atoms with Gasteiger partial charge in [-0.05, 0) is 24.6 Å². The fourth-order valence-corrected chi connectivity index (χ4v) is 3.42. The van der Waals surface area contributed by atoms with E-state index in [0.29, 0.717) is 46.0 Å². The van der Waals surface area contributed by atoms with Gasteiger partial charge in [0.05, 0.1) is 12.5 Å². The predicted octanol–water partition coefficient (Wildman–Crippen LogP) is 3.28. The highest BCUT2D eigenvalue weighted by Gasteiger charge is 2.18. The van der Waals surface area contributed by atoms with Crippen LogP contribution in [0.5, 0.6) is 5.75 Å². The zero-order chi connectivity index (χ0) is 22.0. The molecule has 4 rings (SSSR count). The number of aromatic nitrogens is 2. The molecule has 0 N–H and O–H groups in total. The number of hydrogen-bond donors (Lipinski definition) is 0. The summed E-state index contributed by atoms with van der Waals surface area (Å²) in [6, 6.07) is 13.1. The average molecular weight is 420 g/mol. The first kappa shape index (κ1) is 20.3. The summed E-state index contributed by atoms with van der Waals surface area (Å²) < 4.78 is 17.1. The molecule has 0 aliphatic heterocycles. The van der Waals surface area contributed by atoms with Crippen molar-refractivity contribution in [3.8, 4) is 5.75 Å². The van der Waals surface area contributed by atoms with Crippen molar-refractivity contribution < 1.29 is 18.7 Å². The maximum absolute atomic E-state index is 12.9. The van der Waals surface area contributed by atoms with Crippen LogP contribution in [0, 0.1) is 0 Å². The van der Waals surface area contributed by atoms with Gasteiger partial charge in [-0.2, -0.15) is 5.10 Å². The maximum atomic E-state index is 12.9. The Labute approximate surface area is 176 Å². The molecule has 0 saturated heterocycles. The molecule has 8 nitrogen and oxygen atoms in total. The molecule has 2 aromatic carbocycles. The molecule has 0 fully saturated rings. The fraction of sp³-hybridized carbons (Fsp3) is 0.217. The van der Waals surface area contributed by atoms with Gasteiger partial charge in [0, 0.05) is 35.0 Å². The number of methoxy groups -OCH3 is 1. The van der Waals surface area contributed by atoms with Crippen molar-refractivity contribution in [3.63, 3.8) is 0 Å². The second-order valence-electron chi connectivity index (χ2n) is 6.95. The summed E-state index contributed by atoms with van der Waals surface area (Å²) in [6.07, 6.45) is 0.689. The van der Waals surface area contributed by atoms with Crippen LogP contribution in [0.2, 0.25) is 0 Å². The molecule has 8 heteroatoms. The Bertz CT molecular complexity index is 1400. The van der Waals surface area contributed by atoms with Gasteiger partial charge in [0.2, 0.25) is 0 Å². The summed E-state index contributed by atoms with van der Waals surface area (Å²) in [7, 11) is 1.51. The van der Waals surface area contributed by atoms with Gasteiger partial charge >= 0.3 is 11.6 Å². The SMILES string of the molecule is CCCn1nc(C(=O)OCc2cc(=O)oc3cc(OC)ccc23)c2ccccc2c1=O. The van der Waals surface area contributed by atoms with E-state index >= 15 is 0 Å². The van der Waals surface area contributed by atoms with Gasteiger partial charge in [-0.1, -0.05) is 25.1 Å². The zero-order valence-electron chi connectivity index (χ0n) is 17.1. The molecule has 0 amide bonds. The molecule has 0 unspecified atom stereocenters. The minimum absolute atomic E-state index is 0.0533. The van der Waals surface area contributed by atoms with Crippen molar-refractivity contribution in [2.45, 2.75) is 26.5 Å². The van der Waals surface area contributed by atoms with E-state index < -0.39 is 11.6 Å². The number of ether oxygens (including phenoxy) is 2. The number of carbonyl (C=O) groups is 1. The molecule has 0 radical (unpaired) electrons. The molecule has 4 aromatic rings. The van der Waals surface area contributed by atoms with Crippen LogP contribution in [0.1, 0.15) is 29.4 Å². The Kier molecular flexibility index (Phi) is 5.53. The quantitative estimate of drug-likeness (QED) is 0.348. The van der Waals surface area contributed by atoms with E-state index in [9.17, 15) is 14.4 Å². The number of hydrogen-bond acceptors (Lipinski definition) is 7. The average Bonchev–Trinajstić information content (AvgIpc) is 2.78. The molecule has 0 aliphatic carbocycles. The minimum Gasteiger partial charge on any atom is -0.497 e. The molecule has 2 aromatic heterocycles. The van der Waals surface area contributed by atoms with E-state index in [2.05, 4.69) is 5.10 Å². The molecule has 0 atom stereocenters. The molecule has 158 valence electrons. The second-order valence-corrected chi connectivity index (χ2v) is 6.95. The highest BCUT2D eigenvalue weighted by molar-refractivity contribution is 6.02. The van der Waals surface area contributed by atoms with Crippen molar-refractivity contribution in [2.75, 3.05) is 7.11 Å². The Morgan fingerprint density at radius 1 is 1.06 bits per heavy atom. The summed E-state index contributed by atoms with van der Waals surface area (Å²) in [5, 5.41) is 5.69. The van der Waals surface area contributed by atoms with Crippen LogP contribution in [0.15, 0.2) is 62.5 Å². The summed E-state index contributed by atoms with van der Waals surface area (Å²) in [5.74, 6) is -0.144. The van der Waals surface area contributed by atoms with Crippen molar-refractivity contribution in [3.05, 3.63) is 80.6 Å². The fourth-order valence-electron chi connectivity index (χ4n) is 3.42. The molecule has 2 heterocycles. The molecular formula is C23H20N2O6. The van der Waals surface area contributed by atoms with E-state index in [-0.39, 0.29) is 17.9 Å². The lowest BCUT2D eigenvalue weighted by atomic mass is 10.1. The van der Waals surface area contributed by atoms with Gasteiger partial charge < -0.3 is 13.9 Å². The lowest BCUT2D eigenvalue weighted by Crippen LogP contribution is -2.26. The third-order valence-electron chi connectivity index (χ3n) is 4.89. The van der Waals surface area contributed by atoms with Gasteiger partial charge in [0.15, 0.2) is 5.69 Å². The normalized spacial score (nSPS) is 11.0. The van der Waals surface area contributed by atoms with E-state index in [1.54, 1.807) is 42.5 Å². The first-order valence-electron chi connectivity index (χ1n) is 9.79. The second kappa shape index (κ2) is 8.43. The van der Waals surface area contributed by atoms with Crippen LogP contribution in [0.25, 0.3) is 21.7 Å². The van der Waals surface area contributed by atoms with Crippen molar-refractivity contribution in [2.24, 2.45) is 0 Å².